The second kappa shape index (κ2) is 11.9. The third-order valence-electron chi connectivity index (χ3n) is 8.18. The molecule has 1 amide bonds. The summed E-state index contributed by atoms with van der Waals surface area (Å²) in [5, 5.41) is 4.19. The third-order valence-corrected chi connectivity index (χ3v) is 8.42. The molecule has 210 valence electrons. The lowest BCUT2D eigenvalue weighted by Crippen LogP contribution is -2.48. The van der Waals surface area contributed by atoms with Crippen molar-refractivity contribution in [2.45, 2.75) is 26.9 Å². The maximum atomic E-state index is 13.5. The minimum atomic E-state index is 0.0903. The highest BCUT2D eigenvalue weighted by Gasteiger charge is 2.23. The van der Waals surface area contributed by atoms with E-state index in [0.29, 0.717) is 0 Å². The molecule has 0 spiro atoms. The molecular weight excluding hydrogens is 530 g/mol. The van der Waals surface area contributed by atoms with Crippen LogP contribution in [0.3, 0.4) is 0 Å². The quantitative estimate of drug-likeness (QED) is 0.293. The molecule has 0 unspecified atom stereocenters. The summed E-state index contributed by atoms with van der Waals surface area (Å²) in [6.07, 6.45) is 1.90. The highest BCUT2D eigenvalue weighted by Crippen LogP contribution is 2.33. The second-order valence-corrected chi connectivity index (χ2v) is 11.6. The first-order chi connectivity index (χ1) is 19.9. The number of aryl methyl sites for hydroxylation is 2. The van der Waals surface area contributed by atoms with Crippen LogP contribution in [0.4, 0.5) is 11.5 Å². The fraction of sp³-hybridized carbons (Fsp3) is 0.294. The molecule has 0 saturated carbocycles. The zero-order chi connectivity index (χ0) is 28.3. The van der Waals surface area contributed by atoms with Gasteiger partial charge in [-0.15, -0.1) is 0 Å². The first-order valence-electron chi connectivity index (χ1n) is 14.3. The molecule has 4 aromatic rings. The van der Waals surface area contributed by atoms with Crippen molar-refractivity contribution in [2.75, 3.05) is 49.5 Å². The van der Waals surface area contributed by atoms with Gasteiger partial charge in [0.15, 0.2) is 0 Å². The molecule has 0 aliphatic carbocycles. The van der Waals surface area contributed by atoms with Gasteiger partial charge in [-0.25, -0.2) is 4.98 Å². The van der Waals surface area contributed by atoms with E-state index in [1.165, 1.54) is 22.3 Å². The highest BCUT2D eigenvalue weighted by molar-refractivity contribution is 6.30. The van der Waals surface area contributed by atoms with Crippen LogP contribution >= 0.6 is 11.6 Å². The van der Waals surface area contributed by atoms with E-state index in [1.807, 2.05) is 41.4 Å². The zero-order valence-corrected chi connectivity index (χ0v) is 24.5. The number of hydrogen-bond acceptors (Lipinski definition) is 5. The molecule has 3 heterocycles. The number of piperazine rings is 1. The summed E-state index contributed by atoms with van der Waals surface area (Å²) in [6, 6.07) is 24.9. The highest BCUT2D eigenvalue weighted by atomic mass is 35.5. The molecule has 0 radical (unpaired) electrons. The molecule has 0 bridgehead atoms. The summed E-state index contributed by atoms with van der Waals surface area (Å²) in [5.74, 6) is 0.975. The van der Waals surface area contributed by atoms with Gasteiger partial charge in [0.2, 0.25) is 0 Å². The summed E-state index contributed by atoms with van der Waals surface area (Å²) in [6.45, 7) is 10.9. The van der Waals surface area contributed by atoms with Crippen molar-refractivity contribution >= 4 is 29.0 Å². The van der Waals surface area contributed by atoms with Crippen LogP contribution in [-0.2, 0) is 13.1 Å². The molecule has 2 aliphatic rings. The number of fused-ring (bicyclic) bond motifs is 1. The SMILES string of the molecule is Cc1ccc(CN2CCN(C(=O)c3cccc(-c4cnc5c(c4)N(Cc4cc(Cl)ccc4C)CCN5)c3)CC2)cc1. The van der Waals surface area contributed by atoms with Crippen molar-refractivity contribution in [3.63, 3.8) is 0 Å². The minimum absolute atomic E-state index is 0.0903. The van der Waals surface area contributed by atoms with E-state index < -0.39 is 0 Å². The van der Waals surface area contributed by atoms with Crippen LogP contribution in [0.5, 0.6) is 0 Å². The minimum Gasteiger partial charge on any atom is -0.367 e. The molecule has 0 atom stereocenters. The van der Waals surface area contributed by atoms with Gasteiger partial charge in [0.25, 0.3) is 5.91 Å². The first-order valence-corrected chi connectivity index (χ1v) is 14.7. The largest absolute Gasteiger partial charge is 0.367 e. The fourth-order valence-corrected chi connectivity index (χ4v) is 5.87. The summed E-state index contributed by atoms with van der Waals surface area (Å²) in [5.41, 5.74) is 8.80. The van der Waals surface area contributed by atoms with E-state index in [0.717, 1.165) is 85.6 Å². The average molecular weight is 566 g/mol. The van der Waals surface area contributed by atoms with Gasteiger partial charge in [-0.2, -0.15) is 0 Å². The third kappa shape index (κ3) is 6.24. The van der Waals surface area contributed by atoms with Crippen LogP contribution in [0, 0.1) is 13.8 Å². The van der Waals surface area contributed by atoms with Crippen molar-refractivity contribution < 1.29 is 4.79 Å². The lowest BCUT2D eigenvalue weighted by Gasteiger charge is -2.35. The van der Waals surface area contributed by atoms with Gasteiger partial charge in [-0.05, 0) is 66.4 Å². The Kier molecular flexibility index (Phi) is 7.95. The molecule has 2 aliphatic heterocycles. The van der Waals surface area contributed by atoms with Crippen LogP contribution < -0.4 is 10.2 Å². The Morgan fingerprint density at radius 3 is 2.49 bits per heavy atom. The molecule has 1 fully saturated rings. The van der Waals surface area contributed by atoms with Crippen molar-refractivity contribution in [1.82, 2.24) is 14.8 Å². The first kappa shape index (κ1) is 27.3. The Balaban J connectivity index is 1.15. The van der Waals surface area contributed by atoms with Gasteiger partial charge >= 0.3 is 0 Å². The summed E-state index contributed by atoms with van der Waals surface area (Å²) >= 11 is 6.30. The van der Waals surface area contributed by atoms with Gasteiger partial charge in [-0.1, -0.05) is 59.6 Å². The molecule has 1 N–H and O–H groups in total. The number of carbonyl (C=O) groups excluding carboxylic acids is 1. The lowest BCUT2D eigenvalue weighted by atomic mass is 10.0. The van der Waals surface area contributed by atoms with E-state index in [1.54, 1.807) is 0 Å². The van der Waals surface area contributed by atoms with Gasteiger partial charge in [0, 0.05) is 74.7 Å². The van der Waals surface area contributed by atoms with Crippen molar-refractivity contribution in [2.24, 2.45) is 0 Å². The van der Waals surface area contributed by atoms with Crippen LogP contribution in [-0.4, -0.2) is 60.0 Å². The summed E-state index contributed by atoms with van der Waals surface area (Å²) in [7, 11) is 0. The van der Waals surface area contributed by atoms with Gasteiger partial charge in [-0.3, -0.25) is 9.69 Å². The smallest absolute Gasteiger partial charge is 0.253 e. The topological polar surface area (TPSA) is 51.7 Å². The van der Waals surface area contributed by atoms with Gasteiger partial charge in [0.1, 0.15) is 5.82 Å². The number of nitrogens with one attached hydrogen (secondary N) is 1. The van der Waals surface area contributed by atoms with Gasteiger partial charge < -0.3 is 15.1 Å². The van der Waals surface area contributed by atoms with Crippen LogP contribution in [0.25, 0.3) is 11.1 Å². The predicted molar refractivity (Wildman–Crippen MR) is 168 cm³/mol. The molecule has 7 heteroatoms. The lowest BCUT2D eigenvalue weighted by molar-refractivity contribution is 0.0628. The number of nitrogens with zero attached hydrogens (tertiary/aromatic N) is 4. The van der Waals surface area contributed by atoms with E-state index >= 15 is 0 Å². The number of benzene rings is 3. The predicted octanol–water partition coefficient (Wildman–Crippen LogP) is 6.41. The number of pyridine rings is 1. The monoisotopic (exact) mass is 565 g/mol. The van der Waals surface area contributed by atoms with Crippen molar-refractivity contribution in [3.05, 3.63) is 112 Å². The Labute approximate surface area is 247 Å². The number of anilines is 2. The van der Waals surface area contributed by atoms with E-state index in [-0.39, 0.29) is 5.91 Å². The van der Waals surface area contributed by atoms with Crippen LogP contribution in [0.2, 0.25) is 5.02 Å². The van der Waals surface area contributed by atoms with E-state index in [9.17, 15) is 4.79 Å². The van der Waals surface area contributed by atoms with Crippen LogP contribution in [0.1, 0.15) is 32.6 Å². The van der Waals surface area contributed by atoms with E-state index in [4.69, 9.17) is 16.6 Å². The molecule has 1 saturated heterocycles. The normalized spacial score (nSPS) is 15.4. The number of hydrogen-bond donors (Lipinski definition) is 1. The Morgan fingerprint density at radius 1 is 0.878 bits per heavy atom. The average Bonchev–Trinajstić information content (AvgIpc) is 3.00. The molecule has 3 aromatic carbocycles. The summed E-state index contributed by atoms with van der Waals surface area (Å²) in [4.78, 5) is 25.0. The molecule has 6 nitrogen and oxygen atoms in total. The Hall–Kier alpha value is -3.87. The number of halogens is 1. The van der Waals surface area contributed by atoms with Crippen LogP contribution in [0.15, 0.2) is 79.0 Å². The Bertz CT molecular complexity index is 1550. The zero-order valence-electron chi connectivity index (χ0n) is 23.7. The molecule has 41 heavy (non-hydrogen) atoms. The molecular formula is C34H36ClN5O. The van der Waals surface area contributed by atoms with Gasteiger partial charge in [0.05, 0.1) is 5.69 Å². The van der Waals surface area contributed by atoms with Crippen molar-refractivity contribution in [3.8, 4) is 11.1 Å². The molecule has 6 rings (SSSR count). The fourth-order valence-electron chi connectivity index (χ4n) is 5.67. The maximum Gasteiger partial charge on any atom is 0.253 e. The maximum absolute atomic E-state index is 13.5. The van der Waals surface area contributed by atoms with E-state index in [2.05, 4.69) is 71.4 Å². The second-order valence-electron chi connectivity index (χ2n) is 11.1. The Morgan fingerprint density at radius 2 is 1.68 bits per heavy atom. The van der Waals surface area contributed by atoms with Crippen molar-refractivity contribution in [1.29, 1.82) is 0 Å². The standard InChI is InChI=1S/C34H36ClN5O/c1-24-6-9-26(10-7-24)22-38-14-16-39(17-15-38)34(41)28-5-3-4-27(18-28)29-20-32-33(37-21-29)36-12-13-40(32)23-30-19-31(35)11-8-25(30)2/h3-11,18-21H,12-17,22-23H2,1-2H3,(H,36,37). The number of rotatable bonds is 6. The number of carbonyl (C=O) groups is 1. The summed E-state index contributed by atoms with van der Waals surface area (Å²) < 4.78 is 0. The number of amides is 1. The molecule has 1 aromatic heterocycles. The number of aromatic nitrogens is 1.